The van der Waals surface area contributed by atoms with E-state index in [2.05, 4.69) is 21.2 Å². The number of carbonyl (C=O) groups is 2. The number of rotatable bonds is 3. The fourth-order valence-corrected chi connectivity index (χ4v) is 2.84. The number of nitrogens with one attached hydrogen (secondary N) is 1. The topological polar surface area (TPSA) is 89.9 Å². The molecular formula is C14H17BrN2O4. The smallest absolute Gasteiger partial charge is 0.326 e. The average Bonchev–Trinajstić information content (AvgIpc) is 2.83. The summed E-state index contributed by atoms with van der Waals surface area (Å²) < 4.78 is 0.914. The van der Waals surface area contributed by atoms with Gasteiger partial charge in [-0.15, -0.1) is 0 Å². The summed E-state index contributed by atoms with van der Waals surface area (Å²) in [6.07, 6.45) is -0.00329. The summed E-state index contributed by atoms with van der Waals surface area (Å²) in [5, 5.41) is 21.4. The predicted octanol–water partition coefficient (Wildman–Crippen LogP) is 2.06. The van der Waals surface area contributed by atoms with Crippen LogP contribution >= 0.6 is 15.9 Å². The van der Waals surface area contributed by atoms with Crippen LogP contribution in [0, 0.1) is 0 Å². The highest BCUT2D eigenvalue weighted by Gasteiger charge is 2.39. The second-order valence-electron chi connectivity index (χ2n) is 4.98. The van der Waals surface area contributed by atoms with E-state index in [1.807, 2.05) is 19.1 Å². The molecule has 114 valence electrons. The minimum Gasteiger partial charge on any atom is -0.480 e. The molecule has 2 rings (SSSR count). The van der Waals surface area contributed by atoms with Crippen molar-refractivity contribution in [1.29, 1.82) is 0 Å². The molecule has 2 atom stereocenters. The van der Waals surface area contributed by atoms with E-state index < -0.39 is 24.1 Å². The van der Waals surface area contributed by atoms with Crippen LogP contribution in [-0.2, 0) is 11.2 Å². The number of aliphatic carboxylic acids is 1. The number of nitrogens with zero attached hydrogens (tertiary/aromatic N) is 1. The first-order valence-corrected chi connectivity index (χ1v) is 7.48. The Morgan fingerprint density at radius 2 is 2.19 bits per heavy atom. The van der Waals surface area contributed by atoms with Crippen LogP contribution in [0.5, 0.6) is 0 Å². The lowest BCUT2D eigenvalue weighted by Crippen LogP contribution is -2.43. The molecule has 3 N–H and O–H groups in total. The van der Waals surface area contributed by atoms with E-state index in [1.165, 1.54) is 0 Å². The van der Waals surface area contributed by atoms with Crippen molar-refractivity contribution in [2.75, 3.05) is 11.9 Å². The quantitative estimate of drug-likeness (QED) is 0.773. The number of β-amino-alcohol motifs (C(OH)–C–C–N with tert-alkyl or cyclic N) is 1. The molecule has 2 amide bonds. The summed E-state index contributed by atoms with van der Waals surface area (Å²) >= 11 is 3.37. The standard InChI is InChI=1S/C14H17BrN2O4/c1-2-8-5-9(15)3-4-11(8)16-14(21)17-7-10(18)6-12(17)13(19)20/h3-5,10,12,18H,2,6-7H2,1H3,(H,16,21)(H,19,20)/t10-,12+/m1/s1. The third-order valence-corrected chi connectivity index (χ3v) is 4.01. The number of hydrogen-bond acceptors (Lipinski definition) is 3. The number of amides is 2. The van der Waals surface area contributed by atoms with E-state index in [-0.39, 0.29) is 13.0 Å². The Labute approximate surface area is 130 Å². The number of likely N-dealkylation sites (tertiary alicyclic amines) is 1. The van der Waals surface area contributed by atoms with Gasteiger partial charge >= 0.3 is 12.0 Å². The molecule has 7 heteroatoms. The van der Waals surface area contributed by atoms with Crippen molar-refractivity contribution in [3.8, 4) is 0 Å². The molecule has 1 aliphatic rings. The number of hydrogen-bond donors (Lipinski definition) is 3. The van der Waals surface area contributed by atoms with Crippen LogP contribution < -0.4 is 5.32 Å². The van der Waals surface area contributed by atoms with E-state index in [0.717, 1.165) is 21.4 Å². The monoisotopic (exact) mass is 356 g/mol. The molecular weight excluding hydrogens is 340 g/mol. The molecule has 0 bridgehead atoms. The molecule has 0 unspecified atom stereocenters. The van der Waals surface area contributed by atoms with Crippen molar-refractivity contribution in [2.45, 2.75) is 31.9 Å². The zero-order valence-electron chi connectivity index (χ0n) is 11.5. The largest absolute Gasteiger partial charge is 0.480 e. The number of carboxylic acids is 1. The average molecular weight is 357 g/mol. The van der Waals surface area contributed by atoms with Gasteiger partial charge in [0, 0.05) is 23.1 Å². The van der Waals surface area contributed by atoms with Gasteiger partial charge in [0.25, 0.3) is 0 Å². The number of carbonyl (C=O) groups excluding carboxylic acids is 1. The Bertz CT molecular complexity index is 564. The number of anilines is 1. The van der Waals surface area contributed by atoms with E-state index in [9.17, 15) is 14.7 Å². The van der Waals surface area contributed by atoms with Crippen LogP contribution in [0.1, 0.15) is 18.9 Å². The van der Waals surface area contributed by atoms with Crippen LogP contribution in [0.4, 0.5) is 10.5 Å². The van der Waals surface area contributed by atoms with Gasteiger partial charge in [-0.1, -0.05) is 22.9 Å². The van der Waals surface area contributed by atoms with Crippen molar-refractivity contribution in [2.24, 2.45) is 0 Å². The maximum Gasteiger partial charge on any atom is 0.326 e. The number of aliphatic hydroxyl groups excluding tert-OH is 1. The van der Waals surface area contributed by atoms with Crippen molar-refractivity contribution >= 4 is 33.6 Å². The molecule has 0 aromatic heterocycles. The molecule has 1 aliphatic heterocycles. The maximum atomic E-state index is 12.3. The number of carboxylic acid groups (broad SMARTS) is 1. The first-order valence-electron chi connectivity index (χ1n) is 6.69. The molecule has 1 aromatic rings. The SMILES string of the molecule is CCc1cc(Br)ccc1NC(=O)N1C[C@H](O)C[C@H]1C(=O)O. The number of benzene rings is 1. The first-order chi connectivity index (χ1) is 9.92. The summed E-state index contributed by atoms with van der Waals surface area (Å²) in [7, 11) is 0. The highest BCUT2D eigenvalue weighted by atomic mass is 79.9. The molecule has 1 fully saturated rings. The van der Waals surface area contributed by atoms with Gasteiger partial charge in [-0.25, -0.2) is 9.59 Å². The van der Waals surface area contributed by atoms with Crippen LogP contribution in [0.2, 0.25) is 0 Å². The lowest BCUT2D eigenvalue weighted by Gasteiger charge is -2.22. The van der Waals surface area contributed by atoms with Gasteiger partial charge in [0.1, 0.15) is 6.04 Å². The summed E-state index contributed by atoms with van der Waals surface area (Å²) in [6.45, 7) is 2.00. The molecule has 0 spiro atoms. The van der Waals surface area contributed by atoms with Crippen molar-refractivity contribution in [3.05, 3.63) is 28.2 Å². The zero-order valence-corrected chi connectivity index (χ0v) is 13.1. The van der Waals surface area contributed by atoms with Gasteiger partial charge in [0.2, 0.25) is 0 Å². The second kappa shape index (κ2) is 6.44. The molecule has 0 aliphatic carbocycles. The maximum absolute atomic E-state index is 12.3. The normalized spacial score (nSPS) is 21.4. The fourth-order valence-electron chi connectivity index (χ4n) is 2.44. The van der Waals surface area contributed by atoms with Crippen LogP contribution in [0.25, 0.3) is 0 Å². The highest BCUT2D eigenvalue weighted by Crippen LogP contribution is 2.24. The third kappa shape index (κ3) is 3.54. The van der Waals surface area contributed by atoms with Gasteiger partial charge in [0.15, 0.2) is 0 Å². The highest BCUT2D eigenvalue weighted by molar-refractivity contribution is 9.10. The van der Waals surface area contributed by atoms with Gasteiger partial charge < -0.3 is 20.4 Å². The second-order valence-corrected chi connectivity index (χ2v) is 5.90. The summed E-state index contributed by atoms with van der Waals surface area (Å²) in [5.41, 5.74) is 1.60. The minimum atomic E-state index is -1.10. The molecule has 21 heavy (non-hydrogen) atoms. The Kier molecular flexibility index (Phi) is 4.84. The van der Waals surface area contributed by atoms with E-state index in [4.69, 9.17) is 5.11 Å². The molecule has 1 saturated heterocycles. The van der Waals surface area contributed by atoms with Gasteiger partial charge in [-0.3, -0.25) is 0 Å². The Balaban J connectivity index is 2.16. The van der Waals surface area contributed by atoms with E-state index in [0.29, 0.717) is 5.69 Å². The Morgan fingerprint density at radius 3 is 2.81 bits per heavy atom. The fraction of sp³-hybridized carbons (Fsp3) is 0.429. The summed E-state index contributed by atoms with van der Waals surface area (Å²) in [6, 6.07) is 3.99. The third-order valence-electron chi connectivity index (χ3n) is 3.51. The predicted molar refractivity (Wildman–Crippen MR) is 81.3 cm³/mol. The van der Waals surface area contributed by atoms with Crippen LogP contribution in [0.15, 0.2) is 22.7 Å². The van der Waals surface area contributed by atoms with E-state index >= 15 is 0 Å². The number of aryl methyl sites for hydroxylation is 1. The van der Waals surface area contributed by atoms with Crippen molar-refractivity contribution in [3.63, 3.8) is 0 Å². The zero-order chi connectivity index (χ0) is 15.6. The van der Waals surface area contributed by atoms with Crippen LogP contribution in [-0.4, -0.2) is 45.8 Å². The first kappa shape index (κ1) is 15.8. The summed E-state index contributed by atoms with van der Waals surface area (Å²) in [5.74, 6) is -1.10. The molecule has 1 heterocycles. The molecule has 0 saturated carbocycles. The number of urea groups is 1. The Hall–Kier alpha value is -1.60. The molecule has 6 nitrogen and oxygen atoms in total. The van der Waals surface area contributed by atoms with Crippen molar-refractivity contribution < 1.29 is 19.8 Å². The van der Waals surface area contributed by atoms with Gasteiger partial charge in [-0.2, -0.15) is 0 Å². The minimum absolute atomic E-state index is 0.0286. The Morgan fingerprint density at radius 1 is 1.48 bits per heavy atom. The van der Waals surface area contributed by atoms with Crippen molar-refractivity contribution in [1.82, 2.24) is 4.90 Å². The van der Waals surface area contributed by atoms with Gasteiger partial charge in [-0.05, 0) is 30.2 Å². The molecule has 0 radical (unpaired) electrons. The lowest BCUT2D eigenvalue weighted by atomic mass is 10.1. The van der Waals surface area contributed by atoms with E-state index in [1.54, 1.807) is 6.07 Å². The lowest BCUT2D eigenvalue weighted by molar-refractivity contribution is -0.141. The number of halogens is 1. The summed E-state index contributed by atoms with van der Waals surface area (Å²) in [4.78, 5) is 24.6. The van der Waals surface area contributed by atoms with Crippen LogP contribution in [0.3, 0.4) is 0 Å². The molecule has 1 aromatic carbocycles. The van der Waals surface area contributed by atoms with Gasteiger partial charge in [0.05, 0.1) is 6.10 Å². The number of aliphatic hydroxyl groups is 1.